The number of hydrogen-bond donors (Lipinski definition) is 3. The zero-order valence-electron chi connectivity index (χ0n) is 12.7. The summed E-state index contributed by atoms with van der Waals surface area (Å²) in [5, 5.41) is 5.00. The van der Waals surface area contributed by atoms with E-state index in [2.05, 4.69) is 4.72 Å². The highest BCUT2D eigenvalue weighted by Gasteiger charge is 2.17. The molecule has 11 heteroatoms. The number of sulfonamides is 2. The summed E-state index contributed by atoms with van der Waals surface area (Å²) in [5.41, 5.74) is 5.17. The minimum Gasteiger partial charge on any atom is -0.484 e. The number of primary sulfonamides is 1. The topological polar surface area (TPSA) is 159 Å². The van der Waals surface area contributed by atoms with E-state index in [1.165, 1.54) is 42.5 Å². The number of amides is 1. The Hall–Kier alpha value is -2.63. The molecule has 0 heterocycles. The van der Waals surface area contributed by atoms with Crippen molar-refractivity contribution >= 4 is 31.6 Å². The van der Waals surface area contributed by atoms with Crippen molar-refractivity contribution in [1.82, 2.24) is 0 Å². The minimum atomic E-state index is -4.02. The Morgan fingerprint density at radius 1 is 1.00 bits per heavy atom. The number of carbonyl (C=O) groups is 1. The lowest BCUT2D eigenvalue weighted by Gasteiger charge is -2.10. The Morgan fingerprint density at radius 3 is 2.16 bits per heavy atom. The predicted molar refractivity (Wildman–Crippen MR) is 89.8 cm³/mol. The third-order valence-corrected chi connectivity index (χ3v) is 5.22. The van der Waals surface area contributed by atoms with E-state index in [1.807, 2.05) is 0 Å². The molecular formula is C14H15N3O6S2. The van der Waals surface area contributed by atoms with Crippen molar-refractivity contribution in [3.63, 3.8) is 0 Å². The Kier molecular flexibility index (Phi) is 5.30. The third kappa shape index (κ3) is 5.17. The van der Waals surface area contributed by atoms with Crippen LogP contribution in [0.2, 0.25) is 0 Å². The molecule has 1 amide bonds. The summed E-state index contributed by atoms with van der Waals surface area (Å²) in [7, 11) is -8.04. The van der Waals surface area contributed by atoms with Gasteiger partial charge in [0.05, 0.1) is 9.79 Å². The molecule has 0 aliphatic heterocycles. The summed E-state index contributed by atoms with van der Waals surface area (Å²) in [4.78, 5) is 10.1. The molecule has 0 saturated heterocycles. The molecule has 0 bridgehead atoms. The van der Waals surface area contributed by atoms with Crippen LogP contribution in [0.5, 0.6) is 5.75 Å². The van der Waals surface area contributed by atoms with Crippen molar-refractivity contribution < 1.29 is 26.4 Å². The molecule has 0 aliphatic carbocycles. The predicted octanol–water partition coefficient (Wildman–Crippen LogP) is -0.00110. The van der Waals surface area contributed by atoms with E-state index in [0.717, 1.165) is 6.07 Å². The quantitative estimate of drug-likeness (QED) is 0.608. The van der Waals surface area contributed by atoms with E-state index in [0.29, 0.717) is 5.75 Å². The van der Waals surface area contributed by atoms with E-state index in [9.17, 15) is 21.6 Å². The smallest absolute Gasteiger partial charge is 0.261 e. The molecule has 5 N–H and O–H groups in total. The average Bonchev–Trinajstić information content (AvgIpc) is 2.53. The molecule has 0 saturated carbocycles. The van der Waals surface area contributed by atoms with Crippen molar-refractivity contribution in [2.24, 2.45) is 10.9 Å². The number of hydrogen-bond acceptors (Lipinski definition) is 6. The Labute approximate surface area is 144 Å². The van der Waals surface area contributed by atoms with Gasteiger partial charge in [0.25, 0.3) is 15.9 Å². The fourth-order valence-electron chi connectivity index (χ4n) is 1.81. The first-order valence-corrected chi connectivity index (χ1v) is 9.78. The van der Waals surface area contributed by atoms with Gasteiger partial charge in [-0.15, -0.1) is 0 Å². The average molecular weight is 385 g/mol. The summed E-state index contributed by atoms with van der Waals surface area (Å²) >= 11 is 0. The minimum absolute atomic E-state index is 0.215. The molecule has 0 spiro atoms. The van der Waals surface area contributed by atoms with Crippen LogP contribution in [-0.2, 0) is 24.8 Å². The lowest BCUT2D eigenvalue weighted by molar-refractivity contribution is -0.119. The molecule has 134 valence electrons. The lowest BCUT2D eigenvalue weighted by atomic mass is 10.3. The number of anilines is 1. The first-order valence-electron chi connectivity index (χ1n) is 6.75. The summed E-state index contributed by atoms with van der Waals surface area (Å²) in [6.07, 6.45) is 0. The third-order valence-electron chi connectivity index (χ3n) is 2.93. The van der Waals surface area contributed by atoms with Crippen LogP contribution in [-0.4, -0.2) is 29.3 Å². The van der Waals surface area contributed by atoms with Crippen molar-refractivity contribution in [1.29, 1.82) is 0 Å². The van der Waals surface area contributed by atoms with Gasteiger partial charge in [-0.05, 0) is 42.5 Å². The molecule has 2 rings (SSSR count). The van der Waals surface area contributed by atoms with Crippen LogP contribution < -0.4 is 20.3 Å². The van der Waals surface area contributed by atoms with Gasteiger partial charge < -0.3 is 10.5 Å². The summed E-state index contributed by atoms with van der Waals surface area (Å²) in [5.74, 6) is -0.308. The van der Waals surface area contributed by atoms with Crippen LogP contribution in [0.25, 0.3) is 0 Å². The number of carbonyl (C=O) groups excluding carboxylic acids is 1. The summed E-state index contributed by atoms with van der Waals surface area (Å²) in [6, 6.07) is 10.4. The van der Waals surface area contributed by atoms with Gasteiger partial charge in [-0.2, -0.15) is 0 Å². The Bertz CT molecular complexity index is 985. The molecule has 0 radical (unpaired) electrons. The molecule has 0 unspecified atom stereocenters. The van der Waals surface area contributed by atoms with Crippen molar-refractivity contribution in [3.05, 3.63) is 48.5 Å². The zero-order chi connectivity index (χ0) is 18.7. The Morgan fingerprint density at radius 2 is 1.60 bits per heavy atom. The van der Waals surface area contributed by atoms with Gasteiger partial charge in [-0.25, -0.2) is 22.0 Å². The second-order valence-electron chi connectivity index (χ2n) is 4.90. The largest absolute Gasteiger partial charge is 0.484 e. The van der Waals surface area contributed by atoms with Crippen LogP contribution in [0.3, 0.4) is 0 Å². The maximum absolute atomic E-state index is 12.3. The van der Waals surface area contributed by atoms with Gasteiger partial charge >= 0.3 is 0 Å². The Balaban J connectivity index is 2.20. The molecule has 2 aromatic rings. The molecule has 0 fully saturated rings. The van der Waals surface area contributed by atoms with Crippen LogP contribution in [0.15, 0.2) is 58.3 Å². The van der Waals surface area contributed by atoms with E-state index >= 15 is 0 Å². The van der Waals surface area contributed by atoms with Crippen molar-refractivity contribution in [2.75, 3.05) is 11.3 Å². The maximum atomic E-state index is 12.3. The van der Waals surface area contributed by atoms with Gasteiger partial charge in [0.2, 0.25) is 10.0 Å². The van der Waals surface area contributed by atoms with Crippen LogP contribution in [0.1, 0.15) is 0 Å². The van der Waals surface area contributed by atoms with E-state index in [1.54, 1.807) is 0 Å². The molecule has 0 atom stereocenters. The summed E-state index contributed by atoms with van der Waals surface area (Å²) in [6.45, 7) is -0.300. The van der Waals surface area contributed by atoms with Crippen LogP contribution >= 0.6 is 0 Å². The van der Waals surface area contributed by atoms with Gasteiger partial charge in [-0.3, -0.25) is 9.52 Å². The number of rotatable bonds is 7. The number of nitrogens with two attached hydrogens (primary N) is 2. The maximum Gasteiger partial charge on any atom is 0.261 e. The second-order valence-corrected chi connectivity index (χ2v) is 8.15. The second kappa shape index (κ2) is 7.09. The highest BCUT2D eigenvalue weighted by molar-refractivity contribution is 7.93. The highest BCUT2D eigenvalue weighted by atomic mass is 32.2. The first kappa shape index (κ1) is 18.7. The van der Waals surface area contributed by atoms with Gasteiger partial charge in [-0.1, -0.05) is 6.07 Å². The van der Waals surface area contributed by atoms with Crippen LogP contribution in [0, 0.1) is 0 Å². The van der Waals surface area contributed by atoms with Gasteiger partial charge in [0.1, 0.15) is 5.75 Å². The fraction of sp³-hybridized carbons (Fsp3) is 0.0714. The highest BCUT2D eigenvalue weighted by Crippen LogP contribution is 2.21. The van der Waals surface area contributed by atoms with Gasteiger partial charge in [0.15, 0.2) is 6.61 Å². The van der Waals surface area contributed by atoms with E-state index in [4.69, 9.17) is 15.6 Å². The number of ether oxygens (including phenoxy) is 1. The monoisotopic (exact) mass is 385 g/mol. The number of primary amides is 1. The van der Waals surface area contributed by atoms with Crippen molar-refractivity contribution in [2.45, 2.75) is 9.79 Å². The van der Waals surface area contributed by atoms with Gasteiger partial charge in [0, 0.05) is 5.69 Å². The SMILES string of the molecule is NC(=O)COc1ccc(NS(=O)(=O)c2cccc(S(N)(=O)=O)c2)cc1. The van der Waals surface area contributed by atoms with Crippen molar-refractivity contribution in [3.8, 4) is 5.75 Å². The summed E-state index contributed by atoms with van der Waals surface area (Å²) < 4.78 is 54.7. The first-order chi connectivity index (χ1) is 11.6. The molecule has 0 aromatic heterocycles. The molecular weight excluding hydrogens is 370 g/mol. The van der Waals surface area contributed by atoms with E-state index < -0.39 is 26.0 Å². The molecule has 0 aliphatic rings. The molecule has 9 nitrogen and oxygen atoms in total. The lowest BCUT2D eigenvalue weighted by Crippen LogP contribution is -2.20. The zero-order valence-corrected chi connectivity index (χ0v) is 14.4. The fourth-order valence-corrected chi connectivity index (χ4v) is 3.54. The molecule has 25 heavy (non-hydrogen) atoms. The van der Waals surface area contributed by atoms with Crippen LogP contribution in [0.4, 0.5) is 5.69 Å². The normalized spacial score (nSPS) is 11.7. The number of benzene rings is 2. The van der Waals surface area contributed by atoms with E-state index in [-0.39, 0.29) is 22.1 Å². The number of nitrogens with one attached hydrogen (secondary N) is 1. The molecule has 2 aromatic carbocycles. The standard InChI is InChI=1S/C14H15N3O6S2/c15-14(18)9-23-11-6-4-10(5-7-11)17-25(21,22)13-3-1-2-12(8-13)24(16,19)20/h1-8,17H,9H2,(H2,15,18)(H2,16,19,20).